The number of nitrogens with zero attached hydrogens (tertiary/aromatic N) is 1. The van der Waals surface area contributed by atoms with Gasteiger partial charge < -0.3 is 10.0 Å². The predicted molar refractivity (Wildman–Crippen MR) is 65.6 cm³/mol. The topological polar surface area (TPSA) is 40.5 Å². The van der Waals surface area contributed by atoms with Crippen LogP contribution in [0.15, 0.2) is 0 Å². The van der Waals surface area contributed by atoms with Crippen molar-refractivity contribution in [1.82, 2.24) is 4.90 Å². The van der Waals surface area contributed by atoms with Crippen LogP contribution < -0.4 is 0 Å². The lowest BCUT2D eigenvalue weighted by Crippen LogP contribution is -2.40. The van der Waals surface area contributed by atoms with Gasteiger partial charge in [-0.05, 0) is 44.3 Å². The van der Waals surface area contributed by atoms with E-state index in [2.05, 4.69) is 18.7 Å². The zero-order valence-corrected chi connectivity index (χ0v) is 10.7. The van der Waals surface area contributed by atoms with Gasteiger partial charge in [-0.3, -0.25) is 4.79 Å². The molecule has 0 amide bonds. The summed E-state index contributed by atoms with van der Waals surface area (Å²) in [7, 11) is 0. The number of unbranched alkanes of at least 4 members (excludes halogenated alkanes) is 2. The molecule has 0 aromatic heterocycles. The number of likely N-dealkylation sites (tertiary alicyclic amines) is 1. The molecule has 1 N–H and O–H groups in total. The molecule has 0 aromatic carbocycles. The second-order valence-electron chi connectivity index (χ2n) is 5.43. The second-order valence-corrected chi connectivity index (χ2v) is 5.43. The maximum atomic E-state index is 10.8. The quantitative estimate of drug-likeness (QED) is 0.709. The number of hydrogen-bond acceptors (Lipinski definition) is 2. The zero-order chi connectivity index (χ0) is 12.0. The average molecular weight is 227 g/mol. The van der Waals surface area contributed by atoms with Gasteiger partial charge in [-0.2, -0.15) is 0 Å². The van der Waals surface area contributed by atoms with Crippen molar-refractivity contribution in [3.63, 3.8) is 0 Å². The third-order valence-electron chi connectivity index (χ3n) is 3.72. The van der Waals surface area contributed by atoms with Crippen LogP contribution in [0.5, 0.6) is 0 Å². The van der Waals surface area contributed by atoms with Gasteiger partial charge in [0.05, 0.1) is 6.42 Å². The molecule has 0 aromatic rings. The Balaban J connectivity index is 2.24. The molecule has 1 saturated heterocycles. The molecule has 0 spiro atoms. The first kappa shape index (κ1) is 13.5. The van der Waals surface area contributed by atoms with Gasteiger partial charge in [0.2, 0.25) is 0 Å². The van der Waals surface area contributed by atoms with Gasteiger partial charge >= 0.3 is 5.97 Å². The lowest BCUT2D eigenvalue weighted by molar-refractivity contribution is -0.140. The molecule has 0 saturated carbocycles. The first-order valence-corrected chi connectivity index (χ1v) is 6.50. The molecule has 16 heavy (non-hydrogen) atoms. The van der Waals surface area contributed by atoms with Gasteiger partial charge in [-0.15, -0.1) is 0 Å². The van der Waals surface area contributed by atoms with E-state index in [0.29, 0.717) is 6.42 Å². The number of hydrogen-bond donors (Lipinski definition) is 1. The van der Waals surface area contributed by atoms with Crippen molar-refractivity contribution in [3.05, 3.63) is 0 Å². The highest BCUT2D eigenvalue weighted by Gasteiger charge is 2.31. The minimum Gasteiger partial charge on any atom is -0.481 e. The first-order valence-electron chi connectivity index (χ1n) is 6.50. The Hall–Kier alpha value is -0.570. The molecule has 1 aliphatic heterocycles. The van der Waals surface area contributed by atoms with Gasteiger partial charge in [-0.25, -0.2) is 0 Å². The maximum Gasteiger partial charge on any atom is 0.303 e. The number of piperidine rings is 1. The summed E-state index contributed by atoms with van der Waals surface area (Å²) in [6, 6.07) is 0. The number of carbonyl (C=O) groups is 1. The van der Waals surface area contributed by atoms with Crippen LogP contribution in [0.4, 0.5) is 0 Å². The highest BCUT2D eigenvalue weighted by atomic mass is 16.4. The monoisotopic (exact) mass is 227 g/mol. The normalized spacial score (nSPS) is 20.9. The molecule has 1 fully saturated rings. The molecule has 0 radical (unpaired) electrons. The molecule has 3 nitrogen and oxygen atoms in total. The fourth-order valence-electron chi connectivity index (χ4n) is 2.44. The molecule has 1 aliphatic rings. The summed E-state index contributed by atoms with van der Waals surface area (Å²) in [5.74, 6) is -0.651. The Bertz CT molecular complexity index is 220. The van der Waals surface area contributed by atoms with E-state index in [4.69, 9.17) is 5.11 Å². The minimum atomic E-state index is -0.651. The Labute approximate surface area is 98.8 Å². The standard InChI is InChI=1S/C13H25NO2/c1-3-4-5-8-14-9-6-13(2,7-10-14)11-12(15)16/h3-11H2,1-2H3,(H,15,16). The van der Waals surface area contributed by atoms with Crippen molar-refractivity contribution in [3.8, 4) is 0 Å². The molecule has 94 valence electrons. The highest BCUT2D eigenvalue weighted by Crippen LogP contribution is 2.34. The summed E-state index contributed by atoms with van der Waals surface area (Å²) in [6.07, 6.45) is 6.26. The first-order chi connectivity index (χ1) is 7.56. The molecule has 0 aliphatic carbocycles. The van der Waals surface area contributed by atoms with Gasteiger partial charge in [0.1, 0.15) is 0 Å². The van der Waals surface area contributed by atoms with E-state index in [-0.39, 0.29) is 5.41 Å². The number of rotatable bonds is 6. The molecular weight excluding hydrogens is 202 g/mol. The van der Waals surface area contributed by atoms with Crippen LogP contribution >= 0.6 is 0 Å². The number of aliphatic carboxylic acids is 1. The Morgan fingerprint density at radius 1 is 1.31 bits per heavy atom. The van der Waals surface area contributed by atoms with Crippen molar-refractivity contribution >= 4 is 5.97 Å². The fourth-order valence-corrected chi connectivity index (χ4v) is 2.44. The summed E-state index contributed by atoms with van der Waals surface area (Å²) >= 11 is 0. The molecule has 0 atom stereocenters. The van der Waals surface area contributed by atoms with Crippen LogP contribution in [0, 0.1) is 5.41 Å². The lowest BCUT2D eigenvalue weighted by Gasteiger charge is -2.38. The zero-order valence-electron chi connectivity index (χ0n) is 10.7. The van der Waals surface area contributed by atoms with E-state index in [1.54, 1.807) is 0 Å². The van der Waals surface area contributed by atoms with Crippen LogP contribution in [-0.2, 0) is 4.79 Å². The molecule has 1 rings (SSSR count). The van der Waals surface area contributed by atoms with E-state index in [1.165, 1.54) is 25.8 Å². The summed E-state index contributed by atoms with van der Waals surface area (Å²) in [6.45, 7) is 7.68. The van der Waals surface area contributed by atoms with Gasteiger partial charge in [0.15, 0.2) is 0 Å². The summed E-state index contributed by atoms with van der Waals surface area (Å²) in [4.78, 5) is 13.2. The van der Waals surface area contributed by atoms with Crippen molar-refractivity contribution in [2.45, 2.75) is 52.4 Å². The minimum absolute atomic E-state index is 0.0348. The molecule has 0 bridgehead atoms. The van der Waals surface area contributed by atoms with Gasteiger partial charge in [-0.1, -0.05) is 26.7 Å². The van der Waals surface area contributed by atoms with Crippen LogP contribution in [-0.4, -0.2) is 35.6 Å². The summed E-state index contributed by atoms with van der Waals surface area (Å²) in [5, 5.41) is 8.86. The van der Waals surface area contributed by atoms with Crippen LogP contribution in [0.25, 0.3) is 0 Å². The van der Waals surface area contributed by atoms with Crippen LogP contribution in [0.3, 0.4) is 0 Å². The highest BCUT2D eigenvalue weighted by molar-refractivity contribution is 5.67. The Morgan fingerprint density at radius 3 is 2.44 bits per heavy atom. The van der Waals surface area contributed by atoms with Gasteiger partial charge in [0.25, 0.3) is 0 Å². The average Bonchev–Trinajstić information content (AvgIpc) is 2.20. The number of carboxylic acids is 1. The molecule has 0 unspecified atom stereocenters. The van der Waals surface area contributed by atoms with E-state index >= 15 is 0 Å². The van der Waals surface area contributed by atoms with E-state index < -0.39 is 5.97 Å². The largest absolute Gasteiger partial charge is 0.481 e. The lowest BCUT2D eigenvalue weighted by atomic mass is 9.77. The summed E-state index contributed by atoms with van der Waals surface area (Å²) in [5.41, 5.74) is 0.0348. The maximum absolute atomic E-state index is 10.8. The molecule has 3 heteroatoms. The van der Waals surface area contributed by atoms with Crippen molar-refractivity contribution < 1.29 is 9.90 Å². The van der Waals surface area contributed by atoms with Crippen LogP contribution in [0.1, 0.15) is 52.4 Å². The third kappa shape index (κ3) is 4.52. The summed E-state index contributed by atoms with van der Waals surface area (Å²) < 4.78 is 0. The second kappa shape index (κ2) is 6.24. The van der Waals surface area contributed by atoms with Crippen molar-refractivity contribution in [2.75, 3.05) is 19.6 Å². The fraction of sp³-hybridized carbons (Fsp3) is 0.923. The number of carboxylic acid groups (broad SMARTS) is 1. The molecule has 1 heterocycles. The van der Waals surface area contributed by atoms with Crippen molar-refractivity contribution in [1.29, 1.82) is 0 Å². The smallest absolute Gasteiger partial charge is 0.303 e. The van der Waals surface area contributed by atoms with Crippen molar-refractivity contribution in [2.24, 2.45) is 5.41 Å². The van der Waals surface area contributed by atoms with Crippen LogP contribution in [0.2, 0.25) is 0 Å². The Morgan fingerprint density at radius 2 is 1.94 bits per heavy atom. The van der Waals surface area contributed by atoms with E-state index in [1.807, 2.05) is 0 Å². The van der Waals surface area contributed by atoms with E-state index in [0.717, 1.165) is 25.9 Å². The van der Waals surface area contributed by atoms with Gasteiger partial charge in [0, 0.05) is 0 Å². The molecular formula is C13H25NO2. The predicted octanol–water partition coefficient (Wildman–Crippen LogP) is 2.75. The SMILES string of the molecule is CCCCCN1CCC(C)(CC(=O)O)CC1. The Kier molecular flexibility index (Phi) is 5.26. The third-order valence-corrected chi connectivity index (χ3v) is 3.72. The van der Waals surface area contributed by atoms with E-state index in [9.17, 15) is 4.79 Å².